The topological polar surface area (TPSA) is 113 Å². The summed E-state index contributed by atoms with van der Waals surface area (Å²) in [4.78, 5) is 53.6. The van der Waals surface area contributed by atoms with Gasteiger partial charge in [0.1, 0.15) is 12.1 Å². The zero-order chi connectivity index (χ0) is 23.1. The number of esters is 1. The van der Waals surface area contributed by atoms with Crippen LogP contribution in [0.25, 0.3) is 0 Å². The normalized spacial score (nSPS) is 14.8. The second-order valence-corrected chi connectivity index (χ2v) is 8.39. The molecule has 3 rings (SSSR count). The molecule has 1 aliphatic heterocycles. The molecule has 32 heavy (non-hydrogen) atoms. The Kier molecular flexibility index (Phi) is 8.13. The molecule has 0 saturated heterocycles. The summed E-state index contributed by atoms with van der Waals surface area (Å²) in [7, 11) is 0. The van der Waals surface area contributed by atoms with E-state index in [1.54, 1.807) is 31.2 Å². The van der Waals surface area contributed by atoms with Crippen molar-refractivity contribution in [2.75, 3.05) is 13.2 Å². The molecule has 2 atom stereocenters. The van der Waals surface area contributed by atoms with E-state index in [4.69, 9.17) is 9.84 Å². The summed E-state index contributed by atoms with van der Waals surface area (Å²) in [6.07, 6.45) is 1.39. The van der Waals surface area contributed by atoms with Crippen molar-refractivity contribution in [2.24, 2.45) is 0 Å². The van der Waals surface area contributed by atoms with Crippen LogP contribution in [0.5, 0.6) is 0 Å². The monoisotopic (exact) mass is 458 g/mol. The number of aliphatic hydroxyl groups excluding tert-OH is 1. The van der Waals surface area contributed by atoms with Crippen LogP contribution in [0.15, 0.2) is 41.8 Å². The SMILES string of the molecule is CCOC(=O)[C@H](CCCCO)NC(=O)C(Cc1cccs1)N1C(=O)c2ccccc2C1=O. The van der Waals surface area contributed by atoms with Crippen molar-refractivity contribution in [2.45, 2.75) is 44.7 Å². The van der Waals surface area contributed by atoms with Gasteiger partial charge in [0.05, 0.1) is 17.7 Å². The molecule has 2 heterocycles. The first-order valence-corrected chi connectivity index (χ1v) is 11.4. The second kappa shape index (κ2) is 11.0. The highest BCUT2D eigenvalue weighted by Crippen LogP contribution is 2.27. The maximum absolute atomic E-state index is 13.3. The summed E-state index contributed by atoms with van der Waals surface area (Å²) in [5.74, 6) is -2.25. The zero-order valence-corrected chi connectivity index (χ0v) is 18.6. The van der Waals surface area contributed by atoms with Crippen LogP contribution < -0.4 is 5.32 Å². The van der Waals surface area contributed by atoms with Gasteiger partial charge in [0.2, 0.25) is 5.91 Å². The molecule has 0 radical (unpaired) electrons. The number of aliphatic hydroxyl groups is 1. The van der Waals surface area contributed by atoms with Crippen molar-refractivity contribution in [3.8, 4) is 0 Å². The molecule has 3 amide bonds. The Morgan fingerprint density at radius 3 is 2.34 bits per heavy atom. The first-order chi connectivity index (χ1) is 15.5. The number of hydrogen-bond donors (Lipinski definition) is 2. The quantitative estimate of drug-likeness (QED) is 0.303. The molecule has 0 spiro atoms. The van der Waals surface area contributed by atoms with E-state index in [0.717, 1.165) is 9.78 Å². The van der Waals surface area contributed by atoms with Crippen LogP contribution in [0.2, 0.25) is 0 Å². The van der Waals surface area contributed by atoms with E-state index in [9.17, 15) is 19.2 Å². The van der Waals surface area contributed by atoms with E-state index >= 15 is 0 Å². The van der Waals surface area contributed by atoms with Gasteiger partial charge in [-0.05, 0) is 49.8 Å². The van der Waals surface area contributed by atoms with E-state index in [0.29, 0.717) is 12.8 Å². The second-order valence-electron chi connectivity index (χ2n) is 7.36. The molecule has 0 fully saturated rings. The van der Waals surface area contributed by atoms with Crippen LogP contribution in [0, 0.1) is 0 Å². The largest absolute Gasteiger partial charge is 0.464 e. The molecule has 0 saturated carbocycles. The number of rotatable bonds is 11. The number of imide groups is 1. The third kappa shape index (κ3) is 5.23. The van der Waals surface area contributed by atoms with Gasteiger partial charge in [-0.15, -0.1) is 11.3 Å². The van der Waals surface area contributed by atoms with Gasteiger partial charge in [-0.1, -0.05) is 18.2 Å². The highest BCUT2D eigenvalue weighted by Gasteiger charge is 2.43. The third-order valence-electron chi connectivity index (χ3n) is 5.20. The summed E-state index contributed by atoms with van der Waals surface area (Å²) >= 11 is 1.42. The predicted octanol–water partition coefficient (Wildman–Crippen LogP) is 2.17. The number of thiophene rings is 1. The Labute approximate surface area is 190 Å². The van der Waals surface area contributed by atoms with E-state index in [2.05, 4.69) is 5.32 Å². The Morgan fingerprint density at radius 1 is 1.09 bits per heavy atom. The minimum atomic E-state index is -1.11. The molecule has 1 aromatic carbocycles. The minimum Gasteiger partial charge on any atom is -0.464 e. The molecule has 2 N–H and O–H groups in total. The lowest BCUT2D eigenvalue weighted by Gasteiger charge is -2.27. The molecule has 1 aromatic heterocycles. The van der Waals surface area contributed by atoms with Crippen molar-refractivity contribution in [3.05, 3.63) is 57.8 Å². The average molecular weight is 459 g/mol. The van der Waals surface area contributed by atoms with Gasteiger partial charge >= 0.3 is 5.97 Å². The highest BCUT2D eigenvalue weighted by atomic mass is 32.1. The summed E-state index contributed by atoms with van der Waals surface area (Å²) in [5, 5.41) is 13.6. The van der Waals surface area contributed by atoms with Crippen LogP contribution in [-0.4, -0.2) is 59.0 Å². The lowest BCUT2D eigenvalue weighted by Crippen LogP contribution is -2.54. The van der Waals surface area contributed by atoms with Gasteiger partial charge in [-0.3, -0.25) is 19.3 Å². The minimum absolute atomic E-state index is 0.0282. The predicted molar refractivity (Wildman–Crippen MR) is 118 cm³/mol. The number of carbonyl (C=O) groups excluding carboxylic acids is 4. The van der Waals surface area contributed by atoms with Crippen LogP contribution >= 0.6 is 11.3 Å². The van der Waals surface area contributed by atoms with Crippen molar-refractivity contribution in [1.82, 2.24) is 10.2 Å². The van der Waals surface area contributed by atoms with Crippen molar-refractivity contribution in [1.29, 1.82) is 0 Å². The smallest absolute Gasteiger partial charge is 0.328 e. The molecule has 1 aliphatic rings. The number of ether oxygens (including phenoxy) is 1. The fourth-order valence-corrected chi connectivity index (χ4v) is 4.37. The molecule has 170 valence electrons. The van der Waals surface area contributed by atoms with Gasteiger partial charge < -0.3 is 15.2 Å². The maximum Gasteiger partial charge on any atom is 0.328 e. The van der Waals surface area contributed by atoms with Crippen LogP contribution in [0.4, 0.5) is 0 Å². The van der Waals surface area contributed by atoms with Crippen molar-refractivity contribution < 1.29 is 29.0 Å². The molecular formula is C23H26N2O6S. The van der Waals surface area contributed by atoms with Gasteiger partial charge in [0.15, 0.2) is 0 Å². The third-order valence-corrected chi connectivity index (χ3v) is 6.10. The van der Waals surface area contributed by atoms with Crippen LogP contribution in [-0.2, 0) is 20.7 Å². The number of fused-ring (bicyclic) bond motifs is 1. The summed E-state index contributed by atoms with van der Waals surface area (Å²) in [6, 6.07) is 8.06. The molecular weight excluding hydrogens is 432 g/mol. The first-order valence-electron chi connectivity index (χ1n) is 10.5. The first kappa shape index (κ1) is 23.6. The summed E-state index contributed by atoms with van der Waals surface area (Å²) in [6.45, 7) is 1.80. The van der Waals surface area contributed by atoms with Crippen LogP contribution in [0.1, 0.15) is 51.8 Å². The van der Waals surface area contributed by atoms with Gasteiger partial charge in [-0.25, -0.2) is 4.79 Å². The Hall–Kier alpha value is -3.04. The highest BCUT2D eigenvalue weighted by molar-refractivity contribution is 7.09. The Bertz CT molecular complexity index is 940. The number of nitrogens with one attached hydrogen (secondary N) is 1. The van der Waals surface area contributed by atoms with Gasteiger partial charge in [0.25, 0.3) is 11.8 Å². The number of amides is 3. The summed E-state index contributed by atoms with van der Waals surface area (Å²) < 4.78 is 5.08. The van der Waals surface area contributed by atoms with Gasteiger partial charge in [-0.2, -0.15) is 0 Å². The number of hydrogen-bond acceptors (Lipinski definition) is 7. The summed E-state index contributed by atoms with van der Waals surface area (Å²) in [5.41, 5.74) is 0.512. The van der Waals surface area contributed by atoms with Crippen LogP contribution in [0.3, 0.4) is 0 Å². The zero-order valence-electron chi connectivity index (χ0n) is 17.8. The van der Waals surface area contributed by atoms with E-state index < -0.39 is 35.8 Å². The van der Waals surface area contributed by atoms with E-state index in [1.807, 2.05) is 17.5 Å². The molecule has 0 bridgehead atoms. The van der Waals surface area contributed by atoms with Crippen molar-refractivity contribution in [3.63, 3.8) is 0 Å². The standard InChI is InChI=1S/C23H26N2O6S/c1-2-31-23(30)18(11-5-6-12-26)24-20(27)19(14-15-8-7-13-32-15)25-21(28)16-9-3-4-10-17(16)22(25)29/h3-4,7-10,13,18-19,26H,2,5-6,11-12,14H2,1H3,(H,24,27)/t18-,19?/m0/s1. The van der Waals surface area contributed by atoms with Crippen molar-refractivity contribution >= 4 is 35.0 Å². The maximum atomic E-state index is 13.3. The number of nitrogens with zero attached hydrogens (tertiary/aromatic N) is 1. The number of unbranched alkanes of at least 4 members (excludes halogenated alkanes) is 1. The fraction of sp³-hybridized carbons (Fsp3) is 0.391. The molecule has 8 nitrogen and oxygen atoms in total. The molecule has 2 aromatic rings. The Balaban J connectivity index is 1.86. The Morgan fingerprint density at radius 2 is 1.78 bits per heavy atom. The van der Waals surface area contributed by atoms with Gasteiger partial charge in [0, 0.05) is 17.9 Å². The number of benzene rings is 1. The molecule has 9 heteroatoms. The fourth-order valence-electron chi connectivity index (χ4n) is 3.63. The van der Waals surface area contributed by atoms with E-state index in [-0.39, 0.29) is 37.2 Å². The average Bonchev–Trinajstić information content (AvgIpc) is 3.39. The van der Waals surface area contributed by atoms with E-state index in [1.165, 1.54) is 11.3 Å². The molecule has 0 aliphatic carbocycles. The lowest BCUT2D eigenvalue weighted by molar-refractivity contribution is -0.148. The molecule has 1 unspecified atom stereocenters. The number of carbonyl (C=O) groups is 4. The lowest BCUT2D eigenvalue weighted by atomic mass is 10.1.